The third kappa shape index (κ3) is 2.87. The third-order valence-corrected chi connectivity index (χ3v) is 2.23. The summed E-state index contributed by atoms with van der Waals surface area (Å²) < 4.78 is 0. The van der Waals surface area contributed by atoms with Crippen molar-refractivity contribution in [2.45, 2.75) is 32.6 Å². The van der Waals surface area contributed by atoms with Crippen LogP contribution in [0, 0.1) is 0 Å². The number of oxime groups is 1. The van der Waals surface area contributed by atoms with Crippen LogP contribution in [-0.4, -0.2) is 11.4 Å². The normalized spacial score (nSPS) is 12.2. The van der Waals surface area contributed by atoms with Crippen molar-refractivity contribution < 1.29 is 5.21 Å². The molecule has 0 radical (unpaired) electrons. The van der Waals surface area contributed by atoms with Gasteiger partial charge < -0.3 is 5.21 Å². The molecule has 0 heterocycles. The van der Waals surface area contributed by atoms with Crippen molar-refractivity contribution >= 4 is 6.21 Å². The van der Waals surface area contributed by atoms with Crippen LogP contribution < -0.4 is 0 Å². The topological polar surface area (TPSA) is 32.6 Å². The number of benzene rings is 1. The molecule has 0 saturated carbocycles. The van der Waals surface area contributed by atoms with Gasteiger partial charge in [-0.2, -0.15) is 0 Å². The second-order valence-corrected chi connectivity index (χ2v) is 4.45. The molecule has 0 aliphatic carbocycles. The first kappa shape index (κ1) is 10.8. The quantitative estimate of drug-likeness (QED) is 0.435. The van der Waals surface area contributed by atoms with Crippen LogP contribution in [0.4, 0.5) is 0 Å². The summed E-state index contributed by atoms with van der Waals surface area (Å²) in [5.74, 6) is 0. The first-order valence-electron chi connectivity index (χ1n) is 4.79. The van der Waals surface area contributed by atoms with E-state index >= 15 is 0 Å². The van der Waals surface area contributed by atoms with E-state index in [1.54, 1.807) is 0 Å². The molecule has 2 nitrogen and oxygen atoms in total. The Balaban J connectivity index is 2.79. The fourth-order valence-corrected chi connectivity index (χ4v) is 1.29. The smallest absolute Gasteiger partial charge is 0.0479 e. The van der Waals surface area contributed by atoms with E-state index in [4.69, 9.17) is 5.21 Å². The van der Waals surface area contributed by atoms with E-state index in [0.717, 1.165) is 5.56 Å². The molecule has 14 heavy (non-hydrogen) atoms. The van der Waals surface area contributed by atoms with Gasteiger partial charge in [0.25, 0.3) is 0 Å². The summed E-state index contributed by atoms with van der Waals surface area (Å²) in [6.07, 6.45) is 2.17. The highest BCUT2D eigenvalue weighted by Crippen LogP contribution is 2.22. The van der Waals surface area contributed by atoms with Gasteiger partial charge in [-0.1, -0.05) is 45.0 Å². The van der Waals surface area contributed by atoms with Crippen molar-refractivity contribution in [3.05, 3.63) is 35.4 Å². The Morgan fingerprint density at radius 3 is 2.21 bits per heavy atom. The number of hydrogen-bond acceptors (Lipinski definition) is 2. The van der Waals surface area contributed by atoms with E-state index in [9.17, 15) is 0 Å². The summed E-state index contributed by atoms with van der Waals surface area (Å²) in [6, 6.07) is 8.39. The van der Waals surface area contributed by atoms with Gasteiger partial charge in [0.05, 0.1) is 0 Å². The average molecular weight is 191 g/mol. The first-order valence-corrected chi connectivity index (χ1v) is 4.79. The number of rotatable bonds is 2. The van der Waals surface area contributed by atoms with Crippen LogP contribution in [0.2, 0.25) is 0 Å². The molecule has 0 aliphatic rings. The van der Waals surface area contributed by atoms with E-state index in [0.29, 0.717) is 6.42 Å². The van der Waals surface area contributed by atoms with Crippen LogP contribution in [-0.2, 0) is 11.8 Å². The minimum Gasteiger partial charge on any atom is -0.411 e. The van der Waals surface area contributed by atoms with Gasteiger partial charge in [-0.3, -0.25) is 0 Å². The average Bonchev–Trinajstić information content (AvgIpc) is 2.14. The molecule has 0 aromatic heterocycles. The highest BCUT2D eigenvalue weighted by molar-refractivity contribution is 5.60. The van der Waals surface area contributed by atoms with Gasteiger partial charge in [0, 0.05) is 12.6 Å². The highest BCUT2D eigenvalue weighted by atomic mass is 16.4. The van der Waals surface area contributed by atoms with E-state index in [1.165, 1.54) is 11.8 Å². The zero-order valence-electron chi connectivity index (χ0n) is 8.99. The molecule has 1 rings (SSSR count). The van der Waals surface area contributed by atoms with Crippen molar-refractivity contribution in [1.82, 2.24) is 0 Å². The van der Waals surface area contributed by atoms with Gasteiger partial charge in [-0.05, 0) is 16.5 Å². The van der Waals surface area contributed by atoms with Crippen molar-refractivity contribution in [1.29, 1.82) is 0 Å². The fourth-order valence-electron chi connectivity index (χ4n) is 1.29. The Hall–Kier alpha value is -1.31. The van der Waals surface area contributed by atoms with E-state index in [1.807, 2.05) is 0 Å². The molecule has 2 heteroatoms. The lowest BCUT2D eigenvalue weighted by molar-refractivity contribution is 0.321. The van der Waals surface area contributed by atoms with Crippen LogP contribution >= 0.6 is 0 Å². The van der Waals surface area contributed by atoms with Crippen molar-refractivity contribution in [2.24, 2.45) is 5.16 Å². The first-order chi connectivity index (χ1) is 6.54. The molecule has 0 unspecified atom stereocenters. The van der Waals surface area contributed by atoms with Crippen molar-refractivity contribution in [3.63, 3.8) is 0 Å². The molecule has 1 N–H and O–H groups in total. The Bertz CT molecular complexity index is 306. The summed E-state index contributed by atoms with van der Waals surface area (Å²) in [6.45, 7) is 6.57. The minimum absolute atomic E-state index is 0.198. The van der Waals surface area contributed by atoms with Crippen LogP contribution in [0.1, 0.15) is 31.9 Å². The second-order valence-electron chi connectivity index (χ2n) is 4.45. The molecular weight excluding hydrogens is 174 g/mol. The van der Waals surface area contributed by atoms with Gasteiger partial charge in [-0.25, -0.2) is 0 Å². The summed E-state index contributed by atoms with van der Waals surface area (Å²) in [4.78, 5) is 0. The van der Waals surface area contributed by atoms with Crippen LogP contribution in [0.15, 0.2) is 29.4 Å². The van der Waals surface area contributed by atoms with Gasteiger partial charge in [0.2, 0.25) is 0 Å². The molecule has 0 bridgehead atoms. The molecule has 0 atom stereocenters. The molecule has 76 valence electrons. The monoisotopic (exact) mass is 191 g/mol. The summed E-state index contributed by atoms with van der Waals surface area (Å²) in [5.41, 5.74) is 2.68. The zero-order valence-corrected chi connectivity index (χ0v) is 8.99. The van der Waals surface area contributed by atoms with E-state index in [2.05, 4.69) is 50.2 Å². The number of hydrogen-bond donors (Lipinski definition) is 1. The molecule has 1 aromatic carbocycles. The maximum Gasteiger partial charge on any atom is 0.0479 e. The zero-order chi connectivity index (χ0) is 10.6. The Kier molecular flexibility index (Phi) is 3.28. The minimum atomic E-state index is 0.198. The third-order valence-electron chi connectivity index (χ3n) is 2.23. The van der Waals surface area contributed by atoms with Crippen LogP contribution in [0.5, 0.6) is 0 Å². The fraction of sp³-hybridized carbons (Fsp3) is 0.417. The predicted octanol–water partition coefficient (Wildman–Crippen LogP) is 2.99. The molecule has 0 amide bonds. The summed E-state index contributed by atoms with van der Waals surface area (Å²) >= 11 is 0. The van der Waals surface area contributed by atoms with Gasteiger partial charge >= 0.3 is 0 Å². The lowest BCUT2D eigenvalue weighted by Gasteiger charge is -2.18. The number of nitrogens with zero attached hydrogens (tertiary/aromatic N) is 1. The Morgan fingerprint density at radius 2 is 1.79 bits per heavy atom. The lowest BCUT2D eigenvalue weighted by atomic mass is 9.86. The molecule has 0 spiro atoms. The van der Waals surface area contributed by atoms with E-state index < -0.39 is 0 Å². The highest BCUT2D eigenvalue weighted by Gasteiger charge is 2.12. The van der Waals surface area contributed by atoms with Gasteiger partial charge in [-0.15, -0.1) is 5.16 Å². The van der Waals surface area contributed by atoms with Crippen molar-refractivity contribution in [2.75, 3.05) is 0 Å². The SMILES string of the molecule is CC(C)(C)c1ccc(CC=NO)cc1. The van der Waals surface area contributed by atoms with Gasteiger partial charge in [0.1, 0.15) is 0 Å². The van der Waals surface area contributed by atoms with Crippen LogP contribution in [0.25, 0.3) is 0 Å². The van der Waals surface area contributed by atoms with Gasteiger partial charge in [0.15, 0.2) is 0 Å². The predicted molar refractivity (Wildman–Crippen MR) is 59.1 cm³/mol. The Morgan fingerprint density at radius 1 is 1.21 bits per heavy atom. The standard InChI is InChI=1S/C12H17NO/c1-12(2,3)11-6-4-10(5-7-11)8-9-13-14/h4-7,9,14H,8H2,1-3H3. The molecule has 0 fully saturated rings. The Labute approximate surface area is 85.3 Å². The largest absolute Gasteiger partial charge is 0.411 e. The molecular formula is C12H17NO. The molecule has 0 aliphatic heterocycles. The maximum absolute atomic E-state index is 8.28. The maximum atomic E-state index is 8.28. The second kappa shape index (κ2) is 4.27. The van der Waals surface area contributed by atoms with Crippen LogP contribution in [0.3, 0.4) is 0 Å². The van der Waals surface area contributed by atoms with E-state index in [-0.39, 0.29) is 5.41 Å². The molecule has 0 saturated heterocycles. The lowest BCUT2D eigenvalue weighted by Crippen LogP contribution is -2.10. The molecule has 1 aromatic rings. The summed E-state index contributed by atoms with van der Waals surface area (Å²) in [5, 5.41) is 11.3. The summed E-state index contributed by atoms with van der Waals surface area (Å²) in [7, 11) is 0. The van der Waals surface area contributed by atoms with Crippen molar-refractivity contribution in [3.8, 4) is 0 Å².